The van der Waals surface area contributed by atoms with Crippen molar-refractivity contribution in [3.63, 3.8) is 0 Å². The Kier molecular flexibility index (Phi) is 5.78. The molecule has 0 spiro atoms. The van der Waals surface area contributed by atoms with Crippen LogP contribution in [0, 0.1) is 6.92 Å². The van der Waals surface area contributed by atoms with Crippen LogP contribution in [-0.4, -0.2) is 49.4 Å². The standard InChI is InChI=1S/C25H24ClN7O2/c1-15-7-19(30-35-15)14-33-22(18-12-28-32(4)13-18)9-17-11-27-24(10-23(17)33)29-21-6-5-16(8-20(21)26)25(34)31(2)3/h5-13H,14H2,1-4H3,(H,27,29). The van der Waals surface area contributed by atoms with Gasteiger partial charge in [-0.05, 0) is 31.2 Å². The van der Waals surface area contributed by atoms with E-state index in [-0.39, 0.29) is 5.91 Å². The first-order valence-corrected chi connectivity index (χ1v) is 11.3. The Morgan fingerprint density at radius 3 is 2.66 bits per heavy atom. The molecule has 1 aromatic carbocycles. The number of rotatable bonds is 6. The average Bonchev–Trinajstić information content (AvgIpc) is 3.53. The number of halogens is 1. The molecule has 5 aromatic rings. The number of pyridine rings is 1. The van der Waals surface area contributed by atoms with Gasteiger partial charge >= 0.3 is 0 Å². The summed E-state index contributed by atoms with van der Waals surface area (Å²) >= 11 is 6.48. The van der Waals surface area contributed by atoms with Crippen LogP contribution in [0.2, 0.25) is 5.02 Å². The molecule has 1 N–H and O–H groups in total. The third-order valence-corrected chi connectivity index (χ3v) is 5.98. The van der Waals surface area contributed by atoms with E-state index in [1.165, 1.54) is 4.90 Å². The minimum absolute atomic E-state index is 0.109. The van der Waals surface area contributed by atoms with Gasteiger partial charge in [0.1, 0.15) is 17.3 Å². The summed E-state index contributed by atoms with van der Waals surface area (Å²) in [6, 6.07) is 11.2. The van der Waals surface area contributed by atoms with E-state index >= 15 is 0 Å². The molecule has 0 atom stereocenters. The Morgan fingerprint density at radius 2 is 2.00 bits per heavy atom. The summed E-state index contributed by atoms with van der Waals surface area (Å²) in [5.41, 5.74) is 4.96. The molecule has 0 aliphatic carbocycles. The first-order valence-electron chi connectivity index (χ1n) is 11.0. The van der Waals surface area contributed by atoms with E-state index in [1.54, 1.807) is 37.0 Å². The Hall–Kier alpha value is -4.11. The third-order valence-electron chi connectivity index (χ3n) is 5.67. The summed E-state index contributed by atoms with van der Waals surface area (Å²) in [6.07, 6.45) is 5.63. The Labute approximate surface area is 206 Å². The zero-order valence-corrected chi connectivity index (χ0v) is 20.5. The quantitative estimate of drug-likeness (QED) is 0.365. The minimum Gasteiger partial charge on any atom is -0.361 e. The molecule has 0 saturated heterocycles. The number of hydrogen-bond donors (Lipinski definition) is 1. The van der Waals surface area contributed by atoms with E-state index in [2.05, 4.69) is 31.2 Å². The zero-order chi connectivity index (χ0) is 24.7. The van der Waals surface area contributed by atoms with Gasteiger partial charge in [-0.25, -0.2) is 4.98 Å². The molecule has 1 amide bonds. The van der Waals surface area contributed by atoms with E-state index in [0.717, 1.165) is 33.6 Å². The number of benzene rings is 1. The highest BCUT2D eigenvalue weighted by Gasteiger charge is 2.16. The highest BCUT2D eigenvalue weighted by atomic mass is 35.5. The lowest BCUT2D eigenvalue weighted by Gasteiger charge is -2.13. The number of aryl methyl sites for hydroxylation is 2. The predicted octanol–water partition coefficient (Wildman–Crippen LogP) is 4.88. The molecule has 4 heterocycles. The van der Waals surface area contributed by atoms with E-state index in [0.29, 0.717) is 28.6 Å². The molecule has 0 radical (unpaired) electrons. The first kappa shape index (κ1) is 22.7. The summed E-state index contributed by atoms with van der Waals surface area (Å²) < 4.78 is 9.22. The van der Waals surface area contributed by atoms with Gasteiger partial charge in [0, 0.05) is 62.2 Å². The topological polar surface area (TPSA) is 94.0 Å². The van der Waals surface area contributed by atoms with Crippen molar-refractivity contribution in [1.82, 2.24) is 29.4 Å². The lowest BCUT2D eigenvalue weighted by molar-refractivity contribution is 0.0827. The number of anilines is 2. The number of amides is 1. The van der Waals surface area contributed by atoms with Gasteiger partial charge in [0.15, 0.2) is 0 Å². The number of nitrogens with one attached hydrogen (secondary N) is 1. The molecule has 178 valence electrons. The van der Waals surface area contributed by atoms with Crippen molar-refractivity contribution >= 4 is 39.9 Å². The summed E-state index contributed by atoms with van der Waals surface area (Å²) in [5.74, 6) is 1.27. The van der Waals surface area contributed by atoms with Crippen LogP contribution in [0.25, 0.3) is 22.2 Å². The van der Waals surface area contributed by atoms with Crippen LogP contribution in [0.1, 0.15) is 21.8 Å². The maximum Gasteiger partial charge on any atom is 0.253 e. The smallest absolute Gasteiger partial charge is 0.253 e. The molecular weight excluding hydrogens is 466 g/mol. The predicted molar refractivity (Wildman–Crippen MR) is 135 cm³/mol. The van der Waals surface area contributed by atoms with Crippen molar-refractivity contribution in [2.24, 2.45) is 7.05 Å². The lowest BCUT2D eigenvalue weighted by Crippen LogP contribution is -2.21. The molecule has 9 nitrogen and oxygen atoms in total. The maximum atomic E-state index is 12.2. The Bertz CT molecular complexity index is 1550. The monoisotopic (exact) mass is 489 g/mol. The van der Waals surface area contributed by atoms with Gasteiger partial charge in [-0.15, -0.1) is 0 Å². The lowest BCUT2D eigenvalue weighted by atomic mass is 10.2. The second kappa shape index (κ2) is 8.92. The van der Waals surface area contributed by atoms with Crippen molar-refractivity contribution in [3.8, 4) is 11.3 Å². The second-order valence-corrected chi connectivity index (χ2v) is 9.00. The van der Waals surface area contributed by atoms with Gasteiger partial charge in [-0.3, -0.25) is 9.48 Å². The van der Waals surface area contributed by atoms with Gasteiger partial charge in [0.05, 0.1) is 34.7 Å². The van der Waals surface area contributed by atoms with Gasteiger partial charge in [0.2, 0.25) is 0 Å². The number of hydrogen-bond acceptors (Lipinski definition) is 6. The molecule has 0 bridgehead atoms. The fourth-order valence-corrected chi connectivity index (χ4v) is 4.21. The zero-order valence-electron chi connectivity index (χ0n) is 19.8. The minimum atomic E-state index is -0.109. The van der Waals surface area contributed by atoms with Gasteiger partial charge in [-0.2, -0.15) is 5.10 Å². The van der Waals surface area contributed by atoms with Crippen LogP contribution in [-0.2, 0) is 13.6 Å². The van der Waals surface area contributed by atoms with Crippen LogP contribution in [0.4, 0.5) is 11.5 Å². The number of carbonyl (C=O) groups excluding carboxylic acids is 1. The van der Waals surface area contributed by atoms with Crippen LogP contribution in [0.3, 0.4) is 0 Å². The van der Waals surface area contributed by atoms with Crippen molar-refractivity contribution in [3.05, 3.63) is 77.0 Å². The molecular formula is C25H24ClN7O2. The molecule has 10 heteroatoms. The summed E-state index contributed by atoms with van der Waals surface area (Å²) in [7, 11) is 5.30. The number of aromatic nitrogens is 5. The van der Waals surface area contributed by atoms with E-state index < -0.39 is 0 Å². The van der Waals surface area contributed by atoms with Gasteiger partial charge < -0.3 is 19.3 Å². The molecule has 0 aliphatic rings. The Morgan fingerprint density at radius 1 is 1.17 bits per heavy atom. The Balaban J connectivity index is 1.54. The fourth-order valence-electron chi connectivity index (χ4n) is 3.99. The second-order valence-electron chi connectivity index (χ2n) is 8.59. The van der Waals surface area contributed by atoms with E-state index in [1.807, 2.05) is 44.7 Å². The van der Waals surface area contributed by atoms with Crippen molar-refractivity contribution in [2.45, 2.75) is 13.5 Å². The highest BCUT2D eigenvalue weighted by molar-refractivity contribution is 6.33. The van der Waals surface area contributed by atoms with Crippen LogP contribution in [0.5, 0.6) is 0 Å². The summed E-state index contributed by atoms with van der Waals surface area (Å²) in [4.78, 5) is 18.3. The maximum absolute atomic E-state index is 12.2. The van der Waals surface area contributed by atoms with Crippen molar-refractivity contribution < 1.29 is 9.32 Å². The molecule has 35 heavy (non-hydrogen) atoms. The molecule has 0 aliphatic heterocycles. The number of fused-ring (bicyclic) bond motifs is 1. The van der Waals surface area contributed by atoms with Crippen molar-refractivity contribution in [1.29, 1.82) is 0 Å². The number of nitrogens with zero attached hydrogens (tertiary/aromatic N) is 6. The van der Waals surface area contributed by atoms with Gasteiger partial charge in [-0.1, -0.05) is 16.8 Å². The average molecular weight is 490 g/mol. The van der Waals surface area contributed by atoms with Gasteiger partial charge in [0.25, 0.3) is 5.91 Å². The van der Waals surface area contributed by atoms with E-state index in [4.69, 9.17) is 16.1 Å². The first-order chi connectivity index (χ1) is 16.8. The van der Waals surface area contributed by atoms with Crippen LogP contribution in [0.15, 0.2) is 59.5 Å². The molecule has 5 rings (SSSR count). The number of carbonyl (C=O) groups is 1. The molecule has 0 unspecified atom stereocenters. The molecule has 4 aromatic heterocycles. The highest BCUT2D eigenvalue weighted by Crippen LogP contribution is 2.32. The largest absolute Gasteiger partial charge is 0.361 e. The summed E-state index contributed by atoms with van der Waals surface area (Å²) in [6.45, 7) is 2.40. The molecule has 0 saturated carbocycles. The van der Waals surface area contributed by atoms with Crippen molar-refractivity contribution in [2.75, 3.05) is 19.4 Å². The third kappa shape index (κ3) is 4.50. The van der Waals surface area contributed by atoms with E-state index in [9.17, 15) is 4.79 Å². The normalized spacial score (nSPS) is 11.2. The van der Waals surface area contributed by atoms with Crippen LogP contribution < -0.4 is 5.32 Å². The molecule has 0 fully saturated rings. The van der Waals surface area contributed by atoms with Crippen LogP contribution >= 0.6 is 11.6 Å². The SMILES string of the molecule is Cc1cc(Cn2c(-c3cnn(C)c3)cc3cnc(Nc4ccc(C(=O)N(C)C)cc4Cl)cc32)no1. The summed E-state index contributed by atoms with van der Waals surface area (Å²) in [5, 5.41) is 13.2. The fraction of sp³-hybridized carbons (Fsp3) is 0.200.